The van der Waals surface area contributed by atoms with Gasteiger partial charge in [0.15, 0.2) is 11.5 Å². The molecular formula is C21H24N2O4. The first-order chi connectivity index (χ1) is 13.1. The van der Waals surface area contributed by atoms with Gasteiger partial charge in [-0.2, -0.15) is 0 Å². The van der Waals surface area contributed by atoms with Crippen molar-refractivity contribution in [3.63, 3.8) is 0 Å². The molecule has 6 nitrogen and oxygen atoms in total. The monoisotopic (exact) mass is 368 g/mol. The van der Waals surface area contributed by atoms with Crippen molar-refractivity contribution in [2.24, 2.45) is 0 Å². The lowest BCUT2D eigenvalue weighted by Gasteiger charge is -2.41. The third-order valence-corrected chi connectivity index (χ3v) is 6.08. The summed E-state index contributed by atoms with van der Waals surface area (Å²) in [4.78, 5) is 10.6. The minimum Gasteiger partial charge on any atom is -0.493 e. The first-order valence-corrected chi connectivity index (χ1v) is 9.32. The van der Waals surface area contributed by atoms with Crippen molar-refractivity contribution in [2.75, 3.05) is 20.8 Å². The van der Waals surface area contributed by atoms with E-state index in [2.05, 4.69) is 17.4 Å². The van der Waals surface area contributed by atoms with E-state index in [4.69, 9.17) is 9.47 Å². The molecule has 0 aromatic heterocycles. The summed E-state index contributed by atoms with van der Waals surface area (Å²) in [5.41, 5.74) is 3.75. The number of benzene rings is 2. The van der Waals surface area contributed by atoms with Crippen LogP contribution in [0.15, 0.2) is 36.4 Å². The lowest BCUT2D eigenvalue weighted by atomic mass is 9.71. The number of nitrogens with one attached hydrogen (secondary N) is 1. The quantitative estimate of drug-likeness (QED) is 0.649. The maximum Gasteiger partial charge on any atom is 0.269 e. The van der Waals surface area contributed by atoms with Crippen molar-refractivity contribution >= 4 is 5.69 Å². The molecule has 2 aromatic carbocycles. The fraction of sp³-hybridized carbons (Fsp3) is 0.429. The number of hydrogen-bond donors (Lipinski definition) is 1. The van der Waals surface area contributed by atoms with Crippen LogP contribution in [-0.2, 0) is 5.41 Å². The van der Waals surface area contributed by atoms with Crippen LogP contribution in [0.5, 0.6) is 11.5 Å². The van der Waals surface area contributed by atoms with Crippen LogP contribution in [0.3, 0.4) is 0 Å². The molecule has 2 aromatic rings. The second-order valence-electron chi connectivity index (χ2n) is 7.44. The number of methoxy groups -OCH3 is 2. The van der Waals surface area contributed by atoms with Crippen molar-refractivity contribution in [1.82, 2.24) is 5.32 Å². The van der Waals surface area contributed by atoms with Crippen molar-refractivity contribution in [1.29, 1.82) is 0 Å². The normalized spacial score (nSPS) is 20.3. The minimum absolute atomic E-state index is 0.0214. The van der Waals surface area contributed by atoms with E-state index < -0.39 is 0 Å². The fourth-order valence-corrected chi connectivity index (χ4v) is 4.68. The number of fused-ring (bicyclic) bond motifs is 2. The molecule has 1 saturated carbocycles. The Morgan fingerprint density at radius 1 is 1.07 bits per heavy atom. The summed E-state index contributed by atoms with van der Waals surface area (Å²) in [6, 6.07) is 11.0. The van der Waals surface area contributed by atoms with Gasteiger partial charge in [-0.15, -0.1) is 0 Å². The first-order valence-electron chi connectivity index (χ1n) is 9.32. The second kappa shape index (κ2) is 6.85. The van der Waals surface area contributed by atoms with Crippen molar-refractivity contribution < 1.29 is 14.4 Å². The fourth-order valence-electron chi connectivity index (χ4n) is 4.68. The van der Waals surface area contributed by atoms with E-state index in [0.717, 1.165) is 30.7 Å². The molecule has 27 heavy (non-hydrogen) atoms. The average molecular weight is 368 g/mol. The Morgan fingerprint density at radius 3 is 2.30 bits per heavy atom. The molecule has 1 fully saturated rings. The third-order valence-electron chi connectivity index (χ3n) is 6.08. The Bertz CT molecular complexity index is 857. The van der Waals surface area contributed by atoms with Gasteiger partial charge in [0.2, 0.25) is 0 Å². The highest BCUT2D eigenvalue weighted by Crippen LogP contribution is 2.50. The molecule has 1 aliphatic carbocycles. The van der Waals surface area contributed by atoms with Gasteiger partial charge in [0, 0.05) is 24.1 Å². The zero-order chi connectivity index (χ0) is 19.0. The summed E-state index contributed by atoms with van der Waals surface area (Å²) in [5, 5.41) is 14.7. The van der Waals surface area contributed by atoms with E-state index in [1.165, 1.54) is 24.0 Å². The zero-order valence-electron chi connectivity index (χ0n) is 15.7. The Labute approximate surface area is 158 Å². The summed E-state index contributed by atoms with van der Waals surface area (Å²) in [6.07, 6.45) is 4.79. The first kappa shape index (κ1) is 17.8. The molecule has 1 heterocycles. The average Bonchev–Trinajstić information content (AvgIpc) is 3.17. The standard InChI is InChI=1S/C21H24N2O4/c1-26-18-11-16-17(12-19(18)27-2)21(9-3-4-10-21)13-22-20(16)14-5-7-15(8-6-14)23(24)25/h5-8,11-12,20,22H,3-4,9-10,13H2,1-2H3/t20-/m0/s1. The van der Waals surface area contributed by atoms with Crippen molar-refractivity contribution in [3.05, 3.63) is 63.2 Å². The van der Waals surface area contributed by atoms with Crippen LogP contribution in [-0.4, -0.2) is 25.7 Å². The highest BCUT2D eigenvalue weighted by Gasteiger charge is 2.42. The zero-order valence-corrected chi connectivity index (χ0v) is 15.7. The smallest absolute Gasteiger partial charge is 0.269 e. The van der Waals surface area contributed by atoms with Gasteiger partial charge in [-0.3, -0.25) is 10.1 Å². The Hall–Kier alpha value is -2.60. The topological polar surface area (TPSA) is 73.6 Å². The largest absolute Gasteiger partial charge is 0.493 e. The number of ether oxygens (including phenoxy) is 2. The van der Waals surface area contributed by atoms with E-state index in [-0.39, 0.29) is 22.1 Å². The molecule has 0 amide bonds. The van der Waals surface area contributed by atoms with E-state index in [9.17, 15) is 10.1 Å². The van der Waals surface area contributed by atoms with Gasteiger partial charge in [-0.05, 0) is 41.7 Å². The minimum atomic E-state index is -0.368. The molecule has 0 unspecified atom stereocenters. The number of hydrogen-bond acceptors (Lipinski definition) is 5. The van der Waals surface area contributed by atoms with Crippen LogP contribution in [0.25, 0.3) is 0 Å². The van der Waals surface area contributed by atoms with Crippen LogP contribution in [0.4, 0.5) is 5.69 Å². The van der Waals surface area contributed by atoms with E-state index >= 15 is 0 Å². The van der Waals surface area contributed by atoms with Crippen LogP contribution in [0.1, 0.15) is 48.4 Å². The van der Waals surface area contributed by atoms with E-state index in [0.29, 0.717) is 5.75 Å². The number of nitro groups is 1. The molecule has 0 saturated heterocycles. The molecule has 0 radical (unpaired) electrons. The van der Waals surface area contributed by atoms with Gasteiger partial charge >= 0.3 is 0 Å². The molecule has 4 rings (SSSR count). The van der Waals surface area contributed by atoms with Gasteiger partial charge < -0.3 is 14.8 Å². The molecule has 1 atom stereocenters. The summed E-state index contributed by atoms with van der Waals surface area (Å²) in [5.74, 6) is 1.46. The van der Waals surface area contributed by atoms with Crippen LogP contribution < -0.4 is 14.8 Å². The molecule has 1 N–H and O–H groups in total. The highest BCUT2D eigenvalue weighted by molar-refractivity contribution is 5.55. The van der Waals surface area contributed by atoms with Gasteiger partial charge in [-0.1, -0.05) is 25.0 Å². The van der Waals surface area contributed by atoms with Crippen molar-refractivity contribution in [2.45, 2.75) is 37.1 Å². The number of nitro benzene ring substituents is 1. The summed E-state index contributed by atoms with van der Waals surface area (Å²) in [6.45, 7) is 0.900. The van der Waals surface area contributed by atoms with Crippen LogP contribution >= 0.6 is 0 Å². The number of rotatable bonds is 4. The SMILES string of the molecule is COc1cc2c(cc1OC)C1(CCCC1)CN[C@H]2c1ccc([N+](=O)[O-])cc1. The second-order valence-corrected chi connectivity index (χ2v) is 7.44. The summed E-state index contributed by atoms with van der Waals surface area (Å²) < 4.78 is 11.1. The molecule has 1 spiro atoms. The van der Waals surface area contributed by atoms with Crippen LogP contribution in [0, 0.1) is 10.1 Å². The molecular weight excluding hydrogens is 344 g/mol. The summed E-state index contributed by atoms with van der Waals surface area (Å²) >= 11 is 0. The van der Waals surface area contributed by atoms with E-state index in [1.54, 1.807) is 26.4 Å². The molecule has 6 heteroatoms. The third kappa shape index (κ3) is 2.94. The lowest BCUT2D eigenvalue weighted by Crippen LogP contribution is -2.44. The van der Waals surface area contributed by atoms with Crippen LogP contribution in [0.2, 0.25) is 0 Å². The maximum atomic E-state index is 11.0. The number of non-ortho nitro benzene ring substituents is 1. The van der Waals surface area contributed by atoms with E-state index in [1.807, 2.05) is 12.1 Å². The molecule has 0 bridgehead atoms. The van der Waals surface area contributed by atoms with Gasteiger partial charge in [-0.25, -0.2) is 0 Å². The number of nitrogens with zero attached hydrogens (tertiary/aromatic N) is 1. The Morgan fingerprint density at radius 2 is 1.70 bits per heavy atom. The maximum absolute atomic E-state index is 11.0. The van der Waals surface area contributed by atoms with Gasteiger partial charge in [0.05, 0.1) is 25.2 Å². The Balaban J connectivity index is 1.83. The lowest BCUT2D eigenvalue weighted by molar-refractivity contribution is -0.384. The molecule has 142 valence electrons. The highest BCUT2D eigenvalue weighted by atomic mass is 16.6. The predicted molar refractivity (Wildman–Crippen MR) is 103 cm³/mol. The molecule has 1 aliphatic heterocycles. The molecule has 2 aliphatic rings. The predicted octanol–water partition coefficient (Wildman–Crippen LogP) is 4.12. The van der Waals surface area contributed by atoms with Crippen molar-refractivity contribution in [3.8, 4) is 11.5 Å². The van der Waals surface area contributed by atoms with Gasteiger partial charge in [0.1, 0.15) is 0 Å². The summed E-state index contributed by atoms with van der Waals surface area (Å²) in [7, 11) is 3.31. The Kier molecular flexibility index (Phi) is 4.52. The van der Waals surface area contributed by atoms with Gasteiger partial charge in [0.25, 0.3) is 5.69 Å².